The Morgan fingerprint density at radius 2 is 0.0968 bits per heavy atom. The first-order chi connectivity index (χ1) is 7.00. The SMILES string of the molecule is C.C.C.C.C.C.C.C.C.C.C.C.C.C.C.C.C.CC.CC.CC.CC.CC.CC.CC. The van der Waals surface area contributed by atoms with Crippen molar-refractivity contribution in [2.45, 2.75) is 223 Å². The molecule has 234 valence electrons. The molecule has 0 saturated heterocycles. The van der Waals surface area contributed by atoms with Crippen molar-refractivity contribution in [3.05, 3.63) is 0 Å². The highest BCUT2D eigenvalue weighted by Crippen LogP contribution is 1.16. The Labute approximate surface area is 223 Å². The summed E-state index contributed by atoms with van der Waals surface area (Å²) in [5.74, 6) is 0. The van der Waals surface area contributed by atoms with E-state index < -0.39 is 0 Å². The molecule has 0 atom stereocenters. The Bertz CT molecular complexity index is 0. The van der Waals surface area contributed by atoms with Gasteiger partial charge in [-0.25, -0.2) is 0 Å². The van der Waals surface area contributed by atoms with Gasteiger partial charge in [0.15, 0.2) is 0 Å². The first-order valence-electron chi connectivity index (χ1n) is 7.00. The van der Waals surface area contributed by atoms with Crippen molar-refractivity contribution in [3.63, 3.8) is 0 Å². The van der Waals surface area contributed by atoms with Gasteiger partial charge in [-0.3, -0.25) is 0 Å². The summed E-state index contributed by atoms with van der Waals surface area (Å²) in [6, 6.07) is 0. The quantitative estimate of drug-likeness (QED) is 0.322. The lowest BCUT2D eigenvalue weighted by atomic mass is 11.0. The van der Waals surface area contributed by atoms with Crippen molar-refractivity contribution in [1.82, 2.24) is 0 Å². The zero-order valence-corrected chi connectivity index (χ0v) is 14.0. The Morgan fingerprint density at radius 3 is 0.0968 bits per heavy atom. The fourth-order valence-corrected chi connectivity index (χ4v) is 0. The summed E-state index contributed by atoms with van der Waals surface area (Å²) in [5, 5.41) is 0. The van der Waals surface area contributed by atoms with E-state index >= 15 is 0 Å². The number of hydrogen-bond donors (Lipinski definition) is 0. The maximum Gasteiger partial charge on any atom is -0.0683 e. The summed E-state index contributed by atoms with van der Waals surface area (Å²) < 4.78 is 0. The maximum atomic E-state index is 2.00. The molecule has 31 heavy (non-hydrogen) atoms. The molecule has 0 aromatic heterocycles. The van der Waals surface area contributed by atoms with Crippen LogP contribution in [0, 0.1) is 0 Å². The van der Waals surface area contributed by atoms with Crippen LogP contribution in [0.15, 0.2) is 0 Å². The molecule has 0 amide bonds. The van der Waals surface area contributed by atoms with E-state index in [0.29, 0.717) is 0 Å². The van der Waals surface area contributed by atoms with E-state index in [1.165, 1.54) is 0 Å². The molecule has 0 N–H and O–H groups in total. The van der Waals surface area contributed by atoms with Crippen LogP contribution in [-0.4, -0.2) is 0 Å². The molecule has 0 aromatic rings. The van der Waals surface area contributed by atoms with E-state index in [0.717, 1.165) is 0 Å². The summed E-state index contributed by atoms with van der Waals surface area (Å²) >= 11 is 0. The van der Waals surface area contributed by atoms with Crippen LogP contribution < -0.4 is 0 Å². The van der Waals surface area contributed by atoms with Crippen LogP contribution in [-0.2, 0) is 0 Å². The lowest BCUT2D eigenvalue weighted by molar-refractivity contribution is 1.50. The highest BCUT2D eigenvalue weighted by Gasteiger charge is 0.944. The Kier molecular flexibility index (Phi) is 0. The van der Waals surface area contributed by atoms with Crippen molar-refractivity contribution in [2.75, 3.05) is 0 Å². The van der Waals surface area contributed by atoms with E-state index in [4.69, 9.17) is 0 Å². The fraction of sp³-hybridized carbons (Fsp3) is 1.00. The first kappa shape index (κ1) is 569. The van der Waals surface area contributed by atoms with E-state index in [2.05, 4.69) is 0 Å². The Hall–Kier alpha value is 0. The molecule has 0 nitrogen and oxygen atoms in total. The van der Waals surface area contributed by atoms with E-state index in [-0.39, 0.29) is 126 Å². The second kappa shape index (κ2) is 0. The molecule has 0 aliphatic heterocycles. The van der Waals surface area contributed by atoms with Gasteiger partial charge in [0.25, 0.3) is 0 Å². The minimum absolute atomic E-state index is 0. The highest BCUT2D eigenvalue weighted by molar-refractivity contribution is 3.52. The average Bonchev–Trinajstić information content (AvgIpc) is 2.45. The molecule has 0 heteroatoms. The molecule has 0 rings (SSSR count). The molecular weight excluding hydrogens is 372 g/mol. The molecule has 0 fully saturated rings. The van der Waals surface area contributed by atoms with Crippen LogP contribution in [0.4, 0.5) is 0 Å². The number of hydrogen-bond acceptors (Lipinski definition) is 0. The summed E-state index contributed by atoms with van der Waals surface area (Å²) in [7, 11) is 0. The van der Waals surface area contributed by atoms with Crippen molar-refractivity contribution >= 4 is 0 Å². The lowest BCUT2D eigenvalue weighted by Crippen LogP contribution is -0.856. The molecule has 0 radical (unpaired) electrons. The van der Waals surface area contributed by atoms with Crippen LogP contribution in [0.25, 0.3) is 0 Å². The molecule has 0 saturated carbocycles. The average molecular weight is 483 g/mol. The van der Waals surface area contributed by atoms with Crippen LogP contribution in [0.3, 0.4) is 0 Å². The largest absolute Gasteiger partial charge is 0.0776 e. The molecule has 0 aliphatic rings. The summed E-state index contributed by atoms with van der Waals surface area (Å²) in [6.07, 6.45) is 0. The minimum Gasteiger partial charge on any atom is -0.0776 e. The van der Waals surface area contributed by atoms with E-state index in [1.807, 2.05) is 96.9 Å². The van der Waals surface area contributed by atoms with Gasteiger partial charge in [-0.15, -0.1) is 0 Å². The molecule has 0 unspecified atom stereocenters. The van der Waals surface area contributed by atoms with Gasteiger partial charge in [0.2, 0.25) is 0 Å². The topological polar surface area (TPSA) is 0 Å². The molecule has 0 aliphatic carbocycles. The van der Waals surface area contributed by atoms with Crippen molar-refractivity contribution < 1.29 is 0 Å². The van der Waals surface area contributed by atoms with Crippen LogP contribution in [0.2, 0.25) is 0 Å². The monoisotopic (exact) mass is 483 g/mol. The summed E-state index contributed by atoms with van der Waals surface area (Å²) in [4.78, 5) is 0. The van der Waals surface area contributed by atoms with E-state index in [1.54, 1.807) is 0 Å². The number of rotatable bonds is 0. The van der Waals surface area contributed by atoms with Gasteiger partial charge in [-0.2, -0.15) is 0 Å². The zero-order valence-electron chi connectivity index (χ0n) is 14.0. The fourth-order valence-electron chi connectivity index (χ4n) is 0. The van der Waals surface area contributed by atoms with Gasteiger partial charge in [0.1, 0.15) is 0 Å². The third-order valence-corrected chi connectivity index (χ3v) is 0. The van der Waals surface area contributed by atoms with Gasteiger partial charge in [-0.1, -0.05) is 223 Å². The minimum atomic E-state index is 0. The van der Waals surface area contributed by atoms with Crippen LogP contribution in [0.1, 0.15) is 223 Å². The van der Waals surface area contributed by atoms with Crippen molar-refractivity contribution in [2.24, 2.45) is 0 Å². The normalized spacial score (nSPS) is 1.35. The lowest BCUT2D eigenvalue weighted by Gasteiger charge is -1.07. The summed E-state index contributed by atoms with van der Waals surface area (Å²) in [5.41, 5.74) is 0. The highest BCUT2D eigenvalue weighted by atomic mass is 13.0. The third-order valence-electron chi connectivity index (χ3n) is 0. The van der Waals surface area contributed by atoms with Gasteiger partial charge < -0.3 is 0 Å². The summed E-state index contributed by atoms with van der Waals surface area (Å²) in [6.45, 7) is 28.0. The van der Waals surface area contributed by atoms with Crippen molar-refractivity contribution in [3.8, 4) is 0 Å². The molecule has 0 aromatic carbocycles. The standard InChI is InChI=1S/7C2H6.17CH4/c7*1-2;;;;;;;;;;;;;;;;;/h7*1-2H3;17*1H4. The predicted octanol–water partition coefficient (Wildman–Crippen LogP) is 18.0. The second-order valence-corrected chi connectivity index (χ2v) is 0. The smallest absolute Gasteiger partial charge is 0.0683 e. The Morgan fingerprint density at radius 1 is 0.0968 bits per heavy atom. The van der Waals surface area contributed by atoms with E-state index in [9.17, 15) is 0 Å². The molecular formula is C31H110. The first-order valence-corrected chi connectivity index (χ1v) is 7.00. The molecule has 0 heterocycles. The van der Waals surface area contributed by atoms with Crippen molar-refractivity contribution in [1.29, 1.82) is 0 Å². The molecule has 0 spiro atoms. The van der Waals surface area contributed by atoms with Gasteiger partial charge in [0, 0.05) is 0 Å². The maximum absolute atomic E-state index is 2.00. The third kappa shape index (κ3) is 0. The van der Waals surface area contributed by atoms with Gasteiger partial charge in [-0.05, 0) is 0 Å². The van der Waals surface area contributed by atoms with Crippen LogP contribution >= 0.6 is 0 Å². The molecule has 0 bridgehead atoms. The second-order valence-electron chi connectivity index (χ2n) is 0. The predicted molar refractivity (Wildman–Crippen MR) is 194 cm³/mol. The Balaban J connectivity index is -0.000000000768. The van der Waals surface area contributed by atoms with Gasteiger partial charge in [0.05, 0.1) is 0 Å². The van der Waals surface area contributed by atoms with Crippen LogP contribution in [0.5, 0.6) is 0 Å². The zero-order chi connectivity index (χ0) is 14.0. The van der Waals surface area contributed by atoms with Gasteiger partial charge >= 0.3 is 0 Å².